The SMILES string of the molecule is Cn1cc(C(=O)NC2CCC(Oc3ccc(C#N)c(Br)c3)CC2)cn1. The minimum Gasteiger partial charge on any atom is -0.490 e. The number of hydrogen-bond acceptors (Lipinski definition) is 4. The fourth-order valence-electron chi connectivity index (χ4n) is 2.98. The first-order valence-corrected chi connectivity index (χ1v) is 9.00. The van der Waals surface area contributed by atoms with Crippen molar-refractivity contribution in [2.75, 3.05) is 0 Å². The lowest BCUT2D eigenvalue weighted by molar-refractivity contribution is 0.0894. The maximum Gasteiger partial charge on any atom is 0.254 e. The molecule has 1 heterocycles. The first-order valence-electron chi connectivity index (χ1n) is 8.21. The number of ether oxygens (including phenoxy) is 1. The van der Waals surface area contributed by atoms with Crippen LogP contribution in [0.25, 0.3) is 0 Å². The van der Waals surface area contributed by atoms with E-state index in [1.54, 1.807) is 30.2 Å². The molecule has 6 nitrogen and oxygen atoms in total. The Hall–Kier alpha value is -2.33. The molecule has 1 amide bonds. The van der Waals surface area contributed by atoms with Gasteiger partial charge in [0.2, 0.25) is 0 Å². The summed E-state index contributed by atoms with van der Waals surface area (Å²) in [6.45, 7) is 0. The van der Waals surface area contributed by atoms with Crippen molar-refractivity contribution in [3.63, 3.8) is 0 Å². The van der Waals surface area contributed by atoms with Gasteiger partial charge in [-0.1, -0.05) is 0 Å². The molecule has 0 radical (unpaired) electrons. The molecule has 2 aromatic rings. The second-order valence-electron chi connectivity index (χ2n) is 6.22. The van der Waals surface area contributed by atoms with Gasteiger partial charge in [-0.25, -0.2) is 0 Å². The third kappa shape index (κ3) is 4.40. The Morgan fingerprint density at radius 3 is 2.76 bits per heavy atom. The van der Waals surface area contributed by atoms with E-state index >= 15 is 0 Å². The largest absolute Gasteiger partial charge is 0.490 e. The highest BCUT2D eigenvalue weighted by atomic mass is 79.9. The quantitative estimate of drug-likeness (QED) is 0.851. The molecule has 1 aromatic heterocycles. The van der Waals surface area contributed by atoms with Crippen LogP contribution in [0.2, 0.25) is 0 Å². The lowest BCUT2D eigenvalue weighted by atomic mass is 9.92. The van der Waals surface area contributed by atoms with Crippen LogP contribution >= 0.6 is 15.9 Å². The number of amides is 1. The summed E-state index contributed by atoms with van der Waals surface area (Å²) in [7, 11) is 1.79. The van der Waals surface area contributed by atoms with Crippen molar-refractivity contribution in [1.82, 2.24) is 15.1 Å². The van der Waals surface area contributed by atoms with Crippen LogP contribution in [0, 0.1) is 11.3 Å². The second kappa shape index (κ2) is 7.70. The summed E-state index contributed by atoms with van der Waals surface area (Å²) in [5.41, 5.74) is 1.18. The topological polar surface area (TPSA) is 79.9 Å². The smallest absolute Gasteiger partial charge is 0.254 e. The summed E-state index contributed by atoms with van der Waals surface area (Å²) in [4.78, 5) is 12.2. The Balaban J connectivity index is 1.49. The fraction of sp³-hybridized carbons (Fsp3) is 0.389. The van der Waals surface area contributed by atoms with Gasteiger partial charge in [-0.15, -0.1) is 0 Å². The average Bonchev–Trinajstić information content (AvgIpc) is 3.03. The molecular weight excluding hydrogens is 384 g/mol. The van der Waals surface area contributed by atoms with Gasteiger partial charge < -0.3 is 10.1 Å². The zero-order valence-corrected chi connectivity index (χ0v) is 15.5. The third-order valence-electron chi connectivity index (χ3n) is 4.34. The number of nitrogens with zero attached hydrogens (tertiary/aromatic N) is 3. The van der Waals surface area contributed by atoms with Crippen LogP contribution in [-0.2, 0) is 7.05 Å². The molecule has 0 saturated heterocycles. The number of hydrogen-bond donors (Lipinski definition) is 1. The average molecular weight is 403 g/mol. The molecule has 1 aromatic carbocycles. The normalized spacial score (nSPS) is 19.9. The van der Waals surface area contributed by atoms with E-state index in [1.807, 2.05) is 12.1 Å². The lowest BCUT2D eigenvalue weighted by Crippen LogP contribution is -2.39. The van der Waals surface area contributed by atoms with E-state index < -0.39 is 0 Å². The Bertz CT molecular complexity index is 804. The summed E-state index contributed by atoms with van der Waals surface area (Å²) >= 11 is 3.38. The van der Waals surface area contributed by atoms with Gasteiger partial charge in [0.1, 0.15) is 11.8 Å². The van der Waals surface area contributed by atoms with Crippen molar-refractivity contribution in [2.45, 2.75) is 37.8 Å². The van der Waals surface area contributed by atoms with Gasteiger partial charge in [-0.05, 0) is 59.8 Å². The molecule has 1 fully saturated rings. The molecule has 1 aliphatic rings. The van der Waals surface area contributed by atoms with E-state index in [-0.39, 0.29) is 18.1 Å². The standard InChI is InChI=1S/C18H19BrN4O2/c1-23-11-13(10-21-23)18(24)22-14-3-6-15(7-4-14)25-16-5-2-12(9-20)17(19)8-16/h2,5,8,10-11,14-15H,3-4,6-7H2,1H3,(H,22,24). The Labute approximate surface area is 154 Å². The van der Waals surface area contributed by atoms with Crippen molar-refractivity contribution in [3.8, 4) is 11.8 Å². The Morgan fingerprint density at radius 2 is 2.16 bits per heavy atom. The van der Waals surface area contributed by atoms with E-state index in [0.717, 1.165) is 35.9 Å². The van der Waals surface area contributed by atoms with Gasteiger partial charge >= 0.3 is 0 Å². The Morgan fingerprint density at radius 1 is 1.40 bits per heavy atom. The molecule has 0 spiro atoms. The van der Waals surface area contributed by atoms with Crippen LogP contribution in [0.5, 0.6) is 5.75 Å². The number of halogens is 1. The summed E-state index contributed by atoms with van der Waals surface area (Å²) in [5.74, 6) is 0.683. The van der Waals surface area contributed by atoms with Gasteiger partial charge in [0, 0.05) is 23.8 Å². The molecule has 1 N–H and O–H groups in total. The molecule has 0 bridgehead atoms. The monoisotopic (exact) mass is 402 g/mol. The summed E-state index contributed by atoms with van der Waals surface area (Å²) in [5, 5.41) is 16.0. The zero-order valence-electron chi connectivity index (χ0n) is 13.9. The minimum absolute atomic E-state index is 0.0755. The van der Waals surface area contributed by atoms with E-state index in [0.29, 0.717) is 11.1 Å². The van der Waals surface area contributed by atoms with Crippen LogP contribution in [0.1, 0.15) is 41.6 Å². The number of rotatable bonds is 4. The van der Waals surface area contributed by atoms with Crippen molar-refractivity contribution in [2.24, 2.45) is 7.05 Å². The number of aromatic nitrogens is 2. The minimum atomic E-state index is -0.0755. The number of aryl methyl sites for hydroxylation is 1. The molecule has 1 aliphatic carbocycles. The van der Waals surface area contributed by atoms with Gasteiger partial charge in [0.05, 0.1) is 23.4 Å². The van der Waals surface area contributed by atoms with Crippen LogP contribution < -0.4 is 10.1 Å². The van der Waals surface area contributed by atoms with Crippen molar-refractivity contribution in [3.05, 3.63) is 46.2 Å². The number of carbonyl (C=O) groups excluding carboxylic acids is 1. The maximum atomic E-state index is 12.2. The molecule has 0 atom stereocenters. The van der Waals surface area contributed by atoms with E-state index in [4.69, 9.17) is 10.00 Å². The summed E-state index contributed by atoms with van der Waals surface area (Å²) < 4.78 is 8.37. The number of nitriles is 1. The van der Waals surface area contributed by atoms with E-state index in [9.17, 15) is 4.79 Å². The summed E-state index contributed by atoms with van der Waals surface area (Å²) in [6.07, 6.45) is 6.96. The highest BCUT2D eigenvalue weighted by Gasteiger charge is 2.24. The van der Waals surface area contributed by atoms with Gasteiger partial charge in [-0.2, -0.15) is 10.4 Å². The van der Waals surface area contributed by atoms with Crippen molar-refractivity contribution < 1.29 is 9.53 Å². The van der Waals surface area contributed by atoms with Crippen LogP contribution in [0.4, 0.5) is 0 Å². The first kappa shape index (κ1) is 17.5. The van der Waals surface area contributed by atoms with Gasteiger partial charge in [0.25, 0.3) is 5.91 Å². The molecule has 7 heteroatoms. The molecule has 1 saturated carbocycles. The first-order chi connectivity index (χ1) is 12.0. The number of nitrogens with one attached hydrogen (secondary N) is 1. The van der Waals surface area contributed by atoms with E-state index in [2.05, 4.69) is 32.4 Å². The molecule has 25 heavy (non-hydrogen) atoms. The highest BCUT2D eigenvalue weighted by Crippen LogP contribution is 2.27. The zero-order chi connectivity index (χ0) is 17.8. The summed E-state index contributed by atoms with van der Waals surface area (Å²) in [6, 6.07) is 7.68. The number of carbonyl (C=O) groups is 1. The lowest BCUT2D eigenvalue weighted by Gasteiger charge is -2.29. The number of benzene rings is 1. The highest BCUT2D eigenvalue weighted by molar-refractivity contribution is 9.10. The molecular formula is C18H19BrN4O2. The second-order valence-corrected chi connectivity index (χ2v) is 7.08. The predicted molar refractivity (Wildman–Crippen MR) is 96.2 cm³/mol. The molecule has 130 valence electrons. The van der Waals surface area contributed by atoms with Crippen LogP contribution in [0.15, 0.2) is 35.1 Å². The van der Waals surface area contributed by atoms with Crippen molar-refractivity contribution in [1.29, 1.82) is 5.26 Å². The fourth-order valence-corrected chi connectivity index (χ4v) is 3.43. The molecule has 3 rings (SSSR count). The van der Waals surface area contributed by atoms with Crippen LogP contribution in [-0.4, -0.2) is 27.8 Å². The predicted octanol–water partition coefficient (Wildman–Crippen LogP) is 3.17. The van der Waals surface area contributed by atoms with E-state index in [1.165, 1.54) is 0 Å². The third-order valence-corrected chi connectivity index (χ3v) is 5.00. The molecule has 0 aliphatic heterocycles. The van der Waals surface area contributed by atoms with Crippen LogP contribution in [0.3, 0.4) is 0 Å². The van der Waals surface area contributed by atoms with Gasteiger partial charge in [-0.3, -0.25) is 9.48 Å². The molecule has 0 unspecified atom stereocenters. The van der Waals surface area contributed by atoms with Gasteiger partial charge in [0.15, 0.2) is 0 Å². The Kier molecular flexibility index (Phi) is 5.39. The van der Waals surface area contributed by atoms with Crippen molar-refractivity contribution >= 4 is 21.8 Å². The maximum absolute atomic E-state index is 12.2.